The standard InChI is InChI=1S/C13H20FN/c1-11(2)7-9-15-10-8-12-5-3-4-6-13(12)14/h3-6,11,15H,7-10H2,1-2H3. The highest BCUT2D eigenvalue weighted by molar-refractivity contribution is 5.17. The van der Waals surface area contributed by atoms with Gasteiger partial charge in [0, 0.05) is 0 Å². The van der Waals surface area contributed by atoms with Gasteiger partial charge in [-0.3, -0.25) is 0 Å². The highest BCUT2D eigenvalue weighted by Crippen LogP contribution is 2.06. The van der Waals surface area contributed by atoms with Crippen LogP contribution in [0.1, 0.15) is 25.8 Å². The lowest BCUT2D eigenvalue weighted by molar-refractivity contribution is 0.534. The van der Waals surface area contributed by atoms with Crippen molar-refractivity contribution in [2.45, 2.75) is 26.7 Å². The Balaban J connectivity index is 2.18. The van der Waals surface area contributed by atoms with Crippen molar-refractivity contribution in [3.05, 3.63) is 35.6 Å². The molecule has 1 nitrogen and oxygen atoms in total. The van der Waals surface area contributed by atoms with Crippen molar-refractivity contribution in [2.75, 3.05) is 13.1 Å². The van der Waals surface area contributed by atoms with Crippen LogP contribution < -0.4 is 5.32 Å². The van der Waals surface area contributed by atoms with E-state index in [9.17, 15) is 4.39 Å². The number of nitrogens with one attached hydrogen (secondary N) is 1. The molecule has 0 saturated heterocycles. The van der Waals surface area contributed by atoms with Crippen LogP contribution in [0.4, 0.5) is 4.39 Å². The van der Waals surface area contributed by atoms with Crippen molar-refractivity contribution >= 4 is 0 Å². The minimum atomic E-state index is -0.0943. The third-order valence-electron chi connectivity index (χ3n) is 2.43. The first-order chi connectivity index (χ1) is 7.20. The monoisotopic (exact) mass is 209 g/mol. The van der Waals surface area contributed by atoms with Gasteiger partial charge in [0.25, 0.3) is 0 Å². The van der Waals surface area contributed by atoms with Crippen LogP contribution in [0.5, 0.6) is 0 Å². The molecule has 0 bridgehead atoms. The molecular formula is C13H20FN. The van der Waals surface area contributed by atoms with Crippen molar-refractivity contribution in [2.24, 2.45) is 5.92 Å². The van der Waals surface area contributed by atoms with Gasteiger partial charge < -0.3 is 5.32 Å². The second-order valence-electron chi connectivity index (χ2n) is 4.27. The molecule has 0 radical (unpaired) electrons. The maximum absolute atomic E-state index is 13.2. The van der Waals surface area contributed by atoms with Gasteiger partial charge in [0.2, 0.25) is 0 Å². The van der Waals surface area contributed by atoms with Gasteiger partial charge in [0.1, 0.15) is 5.82 Å². The Morgan fingerprint density at radius 2 is 1.93 bits per heavy atom. The van der Waals surface area contributed by atoms with Crippen LogP contribution in [0.25, 0.3) is 0 Å². The zero-order valence-corrected chi connectivity index (χ0v) is 9.59. The third-order valence-corrected chi connectivity index (χ3v) is 2.43. The Kier molecular flexibility index (Phi) is 5.33. The van der Waals surface area contributed by atoms with Crippen LogP contribution in [0.15, 0.2) is 24.3 Å². The summed E-state index contributed by atoms with van der Waals surface area (Å²) in [7, 11) is 0. The maximum Gasteiger partial charge on any atom is 0.126 e. The maximum atomic E-state index is 13.2. The number of rotatable bonds is 6. The largest absolute Gasteiger partial charge is 0.316 e. The van der Waals surface area contributed by atoms with E-state index in [1.165, 1.54) is 12.5 Å². The summed E-state index contributed by atoms with van der Waals surface area (Å²) < 4.78 is 13.2. The Morgan fingerprint density at radius 3 is 2.60 bits per heavy atom. The smallest absolute Gasteiger partial charge is 0.126 e. The van der Waals surface area contributed by atoms with E-state index in [0.29, 0.717) is 0 Å². The summed E-state index contributed by atoms with van der Waals surface area (Å²) in [6.07, 6.45) is 1.95. The Hall–Kier alpha value is -0.890. The summed E-state index contributed by atoms with van der Waals surface area (Å²) in [5.74, 6) is 0.633. The van der Waals surface area contributed by atoms with Gasteiger partial charge in [-0.15, -0.1) is 0 Å². The molecule has 0 saturated carbocycles. The average molecular weight is 209 g/mol. The van der Waals surface area contributed by atoms with Crippen molar-refractivity contribution in [3.63, 3.8) is 0 Å². The van der Waals surface area contributed by atoms with E-state index in [2.05, 4.69) is 19.2 Å². The molecule has 1 N–H and O–H groups in total. The predicted molar refractivity (Wildman–Crippen MR) is 62.4 cm³/mol. The summed E-state index contributed by atoms with van der Waals surface area (Å²) in [6, 6.07) is 6.97. The average Bonchev–Trinajstić information content (AvgIpc) is 2.20. The van der Waals surface area contributed by atoms with Gasteiger partial charge in [-0.25, -0.2) is 4.39 Å². The first-order valence-corrected chi connectivity index (χ1v) is 5.64. The Morgan fingerprint density at radius 1 is 1.20 bits per heavy atom. The predicted octanol–water partition coefficient (Wildman–Crippen LogP) is 3.00. The van der Waals surface area contributed by atoms with Gasteiger partial charge in [0.15, 0.2) is 0 Å². The molecule has 2 heteroatoms. The molecular weight excluding hydrogens is 189 g/mol. The lowest BCUT2D eigenvalue weighted by atomic mass is 10.1. The fraction of sp³-hybridized carbons (Fsp3) is 0.538. The summed E-state index contributed by atoms with van der Waals surface area (Å²) in [5.41, 5.74) is 0.801. The number of benzene rings is 1. The minimum Gasteiger partial charge on any atom is -0.316 e. The second-order valence-corrected chi connectivity index (χ2v) is 4.27. The topological polar surface area (TPSA) is 12.0 Å². The molecule has 0 aliphatic rings. The summed E-state index contributed by atoms with van der Waals surface area (Å²) >= 11 is 0. The van der Waals surface area contributed by atoms with Crippen LogP contribution in [-0.4, -0.2) is 13.1 Å². The molecule has 0 spiro atoms. The molecule has 0 aromatic heterocycles. The van der Waals surface area contributed by atoms with Gasteiger partial charge in [0.05, 0.1) is 0 Å². The van der Waals surface area contributed by atoms with Crippen LogP contribution in [-0.2, 0) is 6.42 Å². The van der Waals surface area contributed by atoms with Gasteiger partial charge >= 0.3 is 0 Å². The van der Waals surface area contributed by atoms with E-state index in [0.717, 1.165) is 31.0 Å². The normalized spacial score (nSPS) is 10.9. The van der Waals surface area contributed by atoms with E-state index in [1.807, 2.05) is 12.1 Å². The van der Waals surface area contributed by atoms with E-state index >= 15 is 0 Å². The van der Waals surface area contributed by atoms with E-state index in [-0.39, 0.29) is 5.82 Å². The first-order valence-electron chi connectivity index (χ1n) is 5.64. The summed E-state index contributed by atoms with van der Waals surface area (Å²) in [5, 5.41) is 3.33. The van der Waals surface area contributed by atoms with Gasteiger partial charge in [-0.1, -0.05) is 32.0 Å². The lowest BCUT2D eigenvalue weighted by Gasteiger charge is -2.07. The van der Waals surface area contributed by atoms with E-state index in [4.69, 9.17) is 0 Å². The molecule has 84 valence electrons. The molecule has 1 aromatic rings. The van der Waals surface area contributed by atoms with E-state index in [1.54, 1.807) is 6.07 Å². The fourth-order valence-corrected chi connectivity index (χ4v) is 1.44. The molecule has 0 amide bonds. The molecule has 0 aliphatic carbocycles. The summed E-state index contributed by atoms with van der Waals surface area (Å²) in [6.45, 7) is 6.29. The fourth-order valence-electron chi connectivity index (χ4n) is 1.44. The Labute approximate surface area is 91.7 Å². The lowest BCUT2D eigenvalue weighted by Crippen LogP contribution is -2.20. The van der Waals surface area contributed by atoms with Crippen molar-refractivity contribution in [1.82, 2.24) is 5.32 Å². The van der Waals surface area contributed by atoms with Gasteiger partial charge in [-0.2, -0.15) is 0 Å². The first kappa shape index (κ1) is 12.2. The number of halogens is 1. The quantitative estimate of drug-likeness (QED) is 0.710. The minimum absolute atomic E-state index is 0.0943. The SMILES string of the molecule is CC(C)CCNCCc1ccccc1F. The number of hydrogen-bond acceptors (Lipinski definition) is 1. The molecule has 15 heavy (non-hydrogen) atoms. The zero-order chi connectivity index (χ0) is 11.1. The molecule has 0 heterocycles. The van der Waals surface area contributed by atoms with Crippen molar-refractivity contribution < 1.29 is 4.39 Å². The Bertz CT molecular complexity index is 284. The van der Waals surface area contributed by atoms with Gasteiger partial charge in [-0.05, 0) is 43.5 Å². The molecule has 0 unspecified atom stereocenters. The number of hydrogen-bond donors (Lipinski definition) is 1. The zero-order valence-electron chi connectivity index (χ0n) is 9.59. The van der Waals surface area contributed by atoms with Crippen molar-refractivity contribution in [3.8, 4) is 0 Å². The van der Waals surface area contributed by atoms with Crippen LogP contribution in [0.2, 0.25) is 0 Å². The highest BCUT2D eigenvalue weighted by atomic mass is 19.1. The second kappa shape index (κ2) is 6.57. The molecule has 1 aromatic carbocycles. The third kappa shape index (κ3) is 4.93. The van der Waals surface area contributed by atoms with Crippen LogP contribution >= 0.6 is 0 Å². The van der Waals surface area contributed by atoms with Crippen molar-refractivity contribution in [1.29, 1.82) is 0 Å². The molecule has 0 aliphatic heterocycles. The highest BCUT2D eigenvalue weighted by Gasteiger charge is 1.99. The molecule has 0 atom stereocenters. The van der Waals surface area contributed by atoms with Crippen LogP contribution in [0.3, 0.4) is 0 Å². The summed E-state index contributed by atoms with van der Waals surface area (Å²) in [4.78, 5) is 0. The molecule has 0 fully saturated rings. The molecule has 1 rings (SSSR count). The van der Waals surface area contributed by atoms with Crippen LogP contribution in [0, 0.1) is 11.7 Å². The van der Waals surface area contributed by atoms with E-state index < -0.39 is 0 Å².